The van der Waals surface area contributed by atoms with Crippen LogP contribution >= 0.6 is 0 Å². The normalized spacial score (nSPS) is 22.8. The summed E-state index contributed by atoms with van der Waals surface area (Å²) >= 11 is 0. The molecule has 0 saturated heterocycles. The predicted molar refractivity (Wildman–Crippen MR) is 79.4 cm³/mol. The Labute approximate surface area is 122 Å². The van der Waals surface area contributed by atoms with Crippen molar-refractivity contribution in [2.75, 3.05) is 6.54 Å². The van der Waals surface area contributed by atoms with Gasteiger partial charge in [0, 0.05) is 12.5 Å². The van der Waals surface area contributed by atoms with E-state index in [-0.39, 0.29) is 23.2 Å². The lowest BCUT2D eigenvalue weighted by Crippen LogP contribution is -2.37. The summed E-state index contributed by atoms with van der Waals surface area (Å²) < 4.78 is 0. The van der Waals surface area contributed by atoms with E-state index < -0.39 is 5.97 Å². The third-order valence-electron chi connectivity index (χ3n) is 4.35. The second-order valence-corrected chi connectivity index (χ2v) is 6.88. The van der Waals surface area contributed by atoms with Crippen LogP contribution in [0.1, 0.15) is 65.7 Å². The summed E-state index contributed by atoms with van der Waals surface area (Å²) in [4.78, 5) is 23.0. The fourth-order valence-corrected chi connectivity index (χ4v) is 2.86. The molecule has 0 bridgehead atoms. The summed E-state index contributed by atoms with van der Waals surface area (Å²) in [7, 11) is 0. The van der Waals surface area contributed by atoms with Gasteiger partial charge < -0.3 is 10.4 Å². The summed E-state index contributed by atoms with van der Waals surface area (Å²) in [5.41, 5.74) is 0.121. The average molecular weight is 283 g/mol. The molecule has 4 nitrogen and oxygen atoms in total. The maximum Gasteiger partial charge on any atom is 0.306 e. The van der Waals surface area contributed by atoms with Crippen LogP contribution in [0.3, 0.4) is 0 Å². The van der Waals surface area contributed by atoms with Crippen molar-refractivity contribution in [1.29, 1.82) is 0 Å². The molecule has 1 saturated carbocycles. The molecule has 20 heavy (non-hydrogen) atoms. The second-order valence-electron chi connectivity index (χ2n) is 6.88. The topological polar surface area (TPSA) is 66.4 Å². The van der Waals surface area contributed by atoms with Gasteiger partial charge >= 0.3 is 5.97 Å². The number of carboxylic acid groups (broad SMARTS) is 1. The molecule has 116 valence electrons. The SMILES string of the molecule is CCCCCC(C)(C)CNC(=O)[C@@H]1CC[C@H](C(=O)O)C1. The maximum absolute atomic E-state index is 12.1. The minimum atomic E-state index is -0.764. The van der Waals surface area contributed by atoms with Gasteiger partial charge in [0.25, 0.3) is 0 Å². The number of unbranched alkanes of at least 4 members (excludes halogenated alkanes) is 2. The van der Waals surface area contributed by atoms with Crippen LogP contribution in [0.25, 0.3) is 0 Å². The smallest absolute Gasteiger partial charge is 0.306 e. The number of carboxylic acids is 1. The van der Waals surface area contributed by atoms with Gasteiger partial charge in [-0.05, 0) is 31.1 Å². The van der Waals surface area contributed by atoms with Gasteiger partial charge in [0.1, 0.15) is 0 Å². The summed E-state index contributed by atoms with van der Waals surface area (Å²) in [6.45, 7) is 7.23. The van der Waals surface area contributed by atoms with Crippen molar-refractivity contribution in [3.63, 3.8) is 0 Å². The van der Waals surface area contributed by atoms with Crippen LogP contribution in [-0.2, 0) is 9.59 Å². The second kappa shape index (κ2) is 7.65. The molecule has 1 amide bonds. The maximum atomic E-state index is 12.1. The number of carbonyl (C=O) groups is 2. The highest BCUT2D eigenvalue weighted by Crippen LogP contribution is 2.31. The zero-order chi connectivity index (χ0) is 15.2. The molecule has 0 spiro atoms. The van der Waals surface area contributed by atoms with Crippen molar-refractivity contribution in [3.05, 3.63) is 0 Å². The van der Waals surface area contributed by atoms with Crippen molar-refractivity contribution < 1.29 is 14.7 Å². The minimum Gasteiger partial charge on any atom is -0.481 e. The van der Waals surface area contributed by atoms with E-state index in [1.807, 2.05) is 0 Å². The molecule has 1 fully saturated rings. The van der Waals surface area contributed by atoms with Crippen LogP contribution in [0.5, 0.6) is 0 Å². The monoisotopic (exact) mass is 283 g/mol. The predicted octanol–water partition coefficient (Wildman–Crippen LogP) is 3.21. The summed E-state index contributed by atoms with van der Waals surface area (Å²) in [6, 6.07) is 0. The van der Waals surface area contributed by atoms with E-state index in [0.717, 1.165) is 6.42 Å². The van der Waals surface area contributed by atoms with Crippen LogP contribution in [-0.4, -0.2) is 23.5 Å². The zero-order valence-electron chi connectivity index (χ0n) is 13.1. The first kappa shape index (κ1) is 17.0. The number of hydrogen-bond donors (Lipinski definition) is 2. The third-order valence-corrected chi connectivity index (χ3v) is 4.35. The lowest BCUT2D eigenvalue weighted by molar-refractivity contribution is -0.141. The van der Waals surface area contributed by atoms with Gasteiger partial charge in [-0.3, -0.25) is 9.59 Å². The van der Waals surface area contributed by atoms with Gasteiger partial charge in [-0.15, -0.1) is 0 Å². The molecule has 0 aromatic heterocycles. The molecule has 4 heteroatoms. The molecular weight excluding hydrogens is 254 g/mol. The fourth-order valence-electron chi connectivity index (χ4n) is 2.86. The Morgan fingerprint density at radius 2 is 1.85 bits per heavy atom. The van der Waals surface area contributed by atoms with E-state index in [4.69, 9.17) is 5.11 Å². The van der Waals surface area contributed by atoms with Gasteiger partial charge in [-0.25, -0.2) is 0 Å². The number of amides is 1. The van der Waals surface area contributed by atoms with Gasteiger partial charge in [0.15, 0.2) is 0 Å². The number of carbonyl (C=O) groups excluding carboxylic acids is 1. The van der Waals surface area contributed by atoms with Crippen molar-refractivity contribution in [2.24, 2.45) is 17.3 Å². The average Bonchev–Trinajstić information content (AvgIpc) is 2.86. The number of aliphatic carboxylic acids is 1. The molecule has 2 N–H and O–H groups in total. The zero-order valence-corrected chi connectivity index (χ0v) is 13.1. The summed E-state index contributed by atoms with van der Waals surface area (Å²) in [5.74, 6) is -1.16. The molecule has 0 aromatic carbocycles. The van der Waals surface area contributed by atoms with E-state index in [9.17, 15) is 9.59 Å². The van der Waals surface area contributed by atoms with Crippen molar-refractivity contribution in [3.8, 4) is 0 Å². The Morgan fingerprint density at radius 3 is 2.40 bits per heavy atom. The lowest BCUT2D eigenvalue weighted by Gasteiger charge is -2.25. The van der Waals surface area contributed by atoms with E-state index in [0.29, 0.717) is 25.8 Å². The fraction of sp³-hybridized carbons (Fsp3) is 0.875. The quantitative estimate of drug-likeness (QED) is 0.672. The highest BCUT2D eigenvalue weighted by molar-refractivity contribution is 5.80. The van der Waals surface area contributed by atoms with Gasteiger partial charge in [-0.1, -0.05) is 40.0 Å². The Bertz CT molecular complexity index is 339. The van der Waals surface area contributed by atoms with Crippen LogP contribution < -0.4 is 5.32 Å². The third kappa shape index (κ3) is 5.51. The lowest BCUT2D eigenvalue weighted by atomic mass is 9.86. The Morgan fingerprint density at radius 1 is 1.20 bits per heavy atom. The highest BCUT2D eigenvalue weighted by atomic mass is 16.4. The van der Waals surface area contributed by atoms with Crippen LogP contribution in [0.4, 0.5) is 0 Å². The van der Waals surface area contributed by atoms with E-state index >= 15 is 0 Å². The number of hydrogen-bond acceptors (Lipinski definition) is 2. The van der Waals surface area contributed by atoms with E-state index in [1.54, 1.807) is 0 Å². The molecule has 1 aliphatic rings. The first-order chi connectivity index (χ1) is 9.35. The first-order valence-electron chi connectivity index (χ1n) is 7.86. The highest BCUT2D eigenvalue weighted by Gasteiger charge is 2.34. The molecule has 2 atom stereocenters. The van der Waals surface area contributed by atoms with E-state index in [2.05, 4.69) is 26.1 Å². The largest absolute Gasteiger partial charge is 0.481 e. The number of nitrogens with one attached hydrogen (secondary N) is 1. The number of rotatable bonds is 8. The van der Waals surface area contributed by atoms with Crippen LogP contribution in [0.2, 0.25) is 0 Å². The molecule has 1 rings (SSSR count). The molecule has 0 aromatic rings. The van der Waals surface area contributed by atoms with Crippen molar-refractivity contribution >= 4 is 11.9 Å². The minimum absolute atomic E-state index is 0.0392. The van der Waals surface area contributed by atoms with Gasteiger partial charge in [0.2, 0.25) is 5.91 Å². The molecule has 0 aliphatic heterocycles. The Hall–Kier alpha value is -1.06. The summed E-state index contributed by atoms with van der Waals surface area (Å²) in [6.07, 6.45) is 6.60. The summed E-state index contributed by atoms with van der Waals surface area (Å²) in [5, 5.41) is 12.0. The molecule has 1 aliphatic carbocycles. The molecular formula is C16H29NO3. The van der Waals surface area contributed by atoms with Crippen molar-refractivity contribution in [1.82, 2.24) is 5.32 Å². The Kier molecular flexibility index (Phi) is 6.50. The van der Waals surface area contributed by atoms with Gasteiger partial charge in [-0.2, -0.15) is 0 Å². The van der Waals surface area contributed by atoms with Crippen molar-refractivity contribution in [2.45, 2.75) is 65.7 Å². The molecule has 0 unspecified atom stereocenters. The molecule has 0 heterocycles. The van der Waals surface area contributed by atoms with Gasteiger partial charge in [0.05, 0.1) is 5.92 Å². The standard InChI is InChI=1S/C16H29NO3/c1-4-5-6-9-16(2,3)11-17-14(18)12-7-8-13(10-12)15(19)20/h12-13H,4-11H2,1-3H3,(H,17,18)(H,19,20)/t12-,13+/m1/s1. The van der Waals surface area contributed by atoms with E-state index in [1.165, 1.54) is 19.3 Å². The van der Waals surface area contributed by atoms with Crippen LogP contribution in [0, 0.1) is 17.3 Å². The van der Waals surface area contributed by atoms with Crippen LogP contribution in [0.15, 0.2) is 0 Å². The Balaban J connectivity index is 2.30. The first-order valence-corrected chi connectivity index (χ1v) is 7.86. The molecule has 0 radical (unpaired) electrons.